The fourth-order valence-corrected chi connectivity index (χ4v) is 5.84. The van der Waals surface area contributed by atoms with Crippen LogP contribution < -0.4 is 10.6 Å². The zero-order valence-electron chi connectivity index (χ0n) is 23.1. The number of imidazole rings is 2. The summed E-state index contributed by atoms with van der Waals surface area (Å²) in [4.78, 5) is 19.5. The van der Waals surface area contributed by atoms with Crippen molar-refractivity contribution in [3.05, 3.63) is 103 Å². The summed E-state index contributed by atoms with van der Waals surface area (Å²) in [6.45, 7) is 0. The van der Waals surface area contributed by atoms with Crippen LogP contribution in [0.1, 0.15) is 30.8 Å². The predicted molar refractivity (Wildman–Crippen MR) is 191 cm³/mol. The number of aromatic nitrogens is 4. The standard InChI is InChI=1S/C15H9BrClFN4.C15H10BrClFN3O2.2CH4/c1-22-7-20-15-12(22)4-8(6-19)14(13(15)18)21-11-3-2-9(16)5-10(11)17;1-21-6-19-14-11(21)5-8(15(22)23)13(12(14)18)20-10-3-2-7(16)4-9(10)17;;/h2-5,7,21H,1H3;2-6,20H,1H3,(H,22,23);2*1H4. The number of nitrogens with zero attached hydrogens (tertiary/aromatic N) is 5. The van der Waals surface area contributed by atoms with Gasteiger partial charge in [-0.25, -0.2) is 23.5 Å². The molecule has 0 atom stereocenters. The lowest BCUT2D eigenvalue weighted by Gasteiger charge is -2.13. The van der Waals surface area contributed by atoms with E-state index in [9.17, 15) is 23.9 Å². The Balaban J connectivity index is 0.000000245. The van der Waals surface area contributed by atoms with Gasteiger partial charge in [0.2, 0.25) is 0 Å². The van der Waals surface area contributed by atoms with Crippen LogP contribution in [0.25, 0.3) is 22.1 Å². The van der Waals surface area contributed by atoms with Crippen molar-refractivity contribution >= 4 is 106 Å². The van der Waals surface area contributed by atoms with E-state index in [2.05, 4.69) is 52.5 Å². The van der Waals surface area contributed by atoms with Gasteiger partial charge in [0.05, 0.1) is 67.6 Å². The molecule has 6 rings (SSSR count). The highest BCUT2D eigenvalue weighted by Crippen LogP contribution is 2.35. The van der Waals surface area contributed by atoms with Crippen LogP contribution in [0.2, 0.25) is 10.0 Å². The third-order valence-electron chi connectivity index (χ3n) is 6.65. The Kier molecular flexibility index (Phi) is 12.0. The molecule has 0 saturated carbocycles. The predicted octanol–water partition coefficient (Wildman–Crippen LogP) is 10.6. The van der Waals surface area contributed by atoms with Gasteiger partial charge < -0.3 is 24.9 Å². The Labute approximate surface area is 296 Å². The summed E-state index contributed by atoms with van der Waals surface area (Å²) in [5.41, 5.74) is 2.04. The molecular formula is C32H27Br2Cl2F2N7O2. The van der Waals surface area contributed by atoms with E-state index in [1.165, 1.54) is 18.7 Å². The number of aryl methyl sites for hydroxylation is 2. The van der Waals surface area contributed by atoms with Crippen LogP contribution in [0.15, 0.2) is 70.1 Å². The van der Waals surface area contributed by atoms with Crippen molar-refractivity contribution in [2.45, 2.75) is 14.9 Å². The number of nitrogens with one attached hydrogen (secondary N) is 2. The van der Waals surface area contributed by atoms with Gasteiger partial charge >= 0.3 is 5.97 Å². The molecule has 0 bridgehead atoms. The van der Waals surface area contributed by atoms with E-state index in [0.29, 0.717) is 32.5 Å². The van der Waals surface area contributed by atoms with Crippen LogP contribution in [0, 0.1) is 23.0 Å². The second-order valence-corrected chi connectivity index (χ2v) is 12.2. The van der Waals surface area contributed by atoms with Crippen molar-refractivity contribution in [2.75, 3.05) is 10.6 Å². The molecule has 0 saturated heterocycles. The van der Waals surface area contributed by atoms with Gasteiger partial charge in [-0.15, -0.1) is 0 Å². The molecule has 0 aliphatic carbocycles. The molecule has 9 nitrogen and oxygen atoms in total. The van der Waals surface area contributed by atoms with Crippen LogP contribution in [-0.2, 0) is 14.1 Å². The number of carboxylic acids is 1. The number of carbonyl (C=O) groups is 1. The molecule has 6 aromatic rings. The van der Waals surface area contributed by atoms with Crippen LogP contribution in [-0.4, -0.2) is 30.2 Å². The van der Waals surface area contributed by atoms with Crippen molar-refractivity contribution < 1.29 is 18.7 Å². The SMILES string of the molecule is C.C.Cn1cnc2c(F)c(Nc3ccc(Br)cc3Cl)c(C#N)cc21.Cn1cnc2c(F)c(Nc3ccc(Br)cc3Cl)c(C(=O)O)cc21. The number of rotatable bonds is 5. The second kappa shape index (κ2) is 15.1. The fourth-order valence-electron chi connectivity index (χ4n) is 4.40. The van der Waals surface area contributed by atoms with Gasteiger partial charge in [0.1, 0.15) is 17.1 Å². The Morgan fingerprint density at radius 1 is 0.830 bits per heavy atom. The number of fused-ring (bicyclic) bond motifs is 2. The number of nitriles is 1. The molecule has 244 valence electrons. The smallest absolute Gasteiger partial charge is 0.338 e. The van der Waals surface area contributed by atoms with Gasteiger partial charge in [0.25, 0.3) is 0 Å². The molecule has 4 aromatic carbocycles. The van der Waals surface area contributed by atoms with Crippen molar-refractivity contribution in [3.8, 4) is 6.07 Å². The minimum absolute atomic E-state index is 0. The maximum atomic E-state index is 14.7. The Morgan fingerprint density at radius 3 is 1.72 bits per heavy atom. The summed E-state index contributed by atoms with van der Waals surface area (Å²) < 4.78 is 34.2. The van der Waals surface area contributed by atoms with Crippen molar-refractivity contribution in [2.24, 2.45) is 14.1 Å². The summed E-state index contributed by atoms with van der Waals surface area (Å²) >= 11 is 18.8. The second-order valence-electron chi connectivity index (χ2n) is 9.59. The molecule has 15 heteroatoms. The molecular weight excluding hydrogens is 783 g/mol. The summed E-state index contributed by atoms with van der Waals surface area (Å²) in [7, 11) is 3.41. The van der Waals surface area contributed by atoms with Gasteiger partial charge in [0.15, 0.2) is 11.6 Å². The number of halogens is 6. The fraction of sp³-hybridized carbons (Fsp3) is 0.125. The van der Waals surface area contributed by atoms with Crippen LogP contribution >= 0.6 is 55.1 Å². The van der Waals surface area contributed by atoms with E-state index in [-0.39, 0.29) is 48.4 Å². The Hall–Kier alpha value is -4.22. The number of carboxylic acid groups (broad SMARTS) is 1. The average molecular weight is 810 g/mol. The molecule has 0 fully saturated rings. The number of hydrogen-bond donors (Lipinski definition) is 3. The normalized spacial score (nSPS) is 10.4. The molecule has 0 aliphatic rings. The quantitative estimate of drug-likeness (QED) is 0.159. The van der Waals surface area contributed by atoms with Gasteiger partial charge in [-0.1, -0.05) is 69.9 Å². The molecule has 2 aromatic heterocycles. The van der Waals surface area contributed by atoms with Crippen molar-refractivity contribution in [1.29, 1.82) is 5.26 Å². The van der Waals surface area contributed by atoms with Gasteiger partial charge in [-0.2, -0.15) is 5.26 Å². The van der Waals surface area contributed by atoms with Crippen LogP contribution in [0.4, 0.5) is 31.5 Å². The average Bonchev–Trinajstić information content (AvgIpc) is 3.56. The first-order chi connectivity index (χ1) is 21.4. The first-order valence-electron chi connectivity index (χ1n) is 12.7. The summed E-state index contributed by atoms with van der Waals surface area (Å²) in [6, 6.07) is 15.1. The van der Waals surface area contributed by atoms with E-state index in [1.54, 1.807) is 65.7 Å². The minimum Gasteiger partial charge on any atom is -0.478 e. The third-order valence-corrected chi connectivity index (χ3v) is 8.27. The maximum Gasteiger partial charge on any atom is 0.338 e. The number of aromatic carboxylic acids is 1. The van der Waals surface area contributed by atoms with Crippen LogP contribution in [0.3, 0.4) is 0 Å². The Morgan fingerprint density at radius 2 is 1.28 bits per heavy atom. The number of anilines is 4. The number of benzene rings is 4. The first-order valence-corrected chi connectivity index (χ1v) is 15.1. The highest BCUT2D eigenvalue weighted by atomic mass is 79.9. The Bertz CT molecular complexity index is 2180. The van der Waals surface area contributed by atoms with Gasteiger partial charge in [-0.05, 0) is 48.5 Å². The van der Waals surface area contributed by atoms with Crippen LogP contribution in [0.5, 0.6) is 0 Å². The molecule has 0 aliphatic heterocycles. The van der Waals surface area contributed by atoms with E-state index >= 15 is 0 Å². The highest BCUT2D eigenvalue weighted by molar-refractivity contribution is 9.10. The highest BCUT2D eigenvalue weighted by Gasteiger charge is 2.22. The lowest BCUT2D eigenvalue weighted by atomic mass is 10.1. The lowest BCUT2D eigenvalue weighted by molar-refractivity contribution is 0.0697. The molecule has 0 radical (unpaired) electrons. The zero-order valence-corrected chi connectivity index (χ0v) is 27.8. The molecule has 0 spiro atoms. The topological polar surface area (TPSA) is 121 Å². The summed E-state index contributed by atoms with van der Waals surface area (Å²) in [6.07, 6.45) is 2.93. The van der Waals surface area contributed by atoms with Gasteiger partial charge in [-0.3, -0.25) is 0 Å². The van der Waals surface area contributed by atoms with E-state index in [1.807, 2.05) is 6.07 Å². The zero-order chi connectivity index (χ0) is 32.6. The monoisotopic (exact) mass is 807 g/mol. The third kappa shape index (κ3) is 7.52. The molecule has 47 heavy (non-hydrogen) atoms. The first kappa shape index (κ1) is 37.2. The maximum absolute atomic E-state index is 14.7. The van der Waals surface area contributed by atoms with Gasteiger partial charge in [0, 0.05) is 23.0 Å². The van der Waals surface area contributed by atoms with Crippen molar-refractivity contribution in [3.63, 3.8) is 0 Å². The lowest BCUT2D eigenvalue weighted by Crippen LogP contribution is -2.06. The molecule has 0 amide bonds. The summed E-state index contributed by atoms with van der Waals surface area (Å²) in [5.74, 6) is -2.56. The number of hydrogen-bond acceptors (Lipinski definition) is 6. The minimum atomic E-state index is -1.25. The van der Waals surface area contributed by atoms with E-state index < -0.39 is 17.6 Å². The largest absolute Gasteiger partial charge is 0.478 e. The summed E-state index contributed by atoms with van der Waals surface area (Å²) in [5, 5.41) is 25.1. The molecule has 3 N–H and O–H groups in total. The molecule has 2 heterocycles. The molecule has 0 unspecified atom stereocenters. The van der Waals surface area contributed by atoms with E-state index in [0.717, 1.165) is 8.95 Å². The van der Waals surface area contributed by atoms with E-state index in [4.69, 9.17) is 23.2 Å². The van der Waals surface area contributed by atoms with Crippen molar-refractivity contribution in [1.82, 2.24) is 19.1 Å².